The maximum Gasteiger partial charge on any atom is 0.245 e. The average Bonchev–Trinajstić information content (AvgIpc) is 3.34. The molecule has 0 spiro atoms. The second kappa shape index (κ2) is 5.66. The minimum absolute atomic E-state index is 0.395. The fraction of sp³-hybridized carbons (Fsp3) is 0.235. The van der Waals surface area contributed by atoms with E-state index in [1.54, 1.807) is 6.20 Å². The topological polar surface area (TPSA) is 102 Å². The number of rotatable bonds is 5. The first kappa shape index (κ1) is 14.1. The first-order valence-electron chi connectivity index (χ1n) is 8.19. The molecule has 3 heterocycles. The van der Waals surface area contributed by atoms with E-state index in [0.29, 0.717) is 35.5 Å². The Labute approximate surface area is 142 Å². The van der Waals surface area contributed by atoms with Gasteiger partial charge in [0.15, 0.2) is 11.6 Å². The lowest BCUT2D eigenvalue weighted by molar-refractivity contribution is 0.314. The molecular weight excluding hydrogens is 318 g/mol. The highest BCUT2D eigenvalue weighted by Gasteiger charge is 2.24. The van der Waals surface area contributed by atoms with Crippen molar-refractivity contribution in [1.82, 2.24) is 25.3 Å². The Morgan fingerprint density at radius 1 is 1.04 bits per heavy atom. The van der Waals surface area contributed by atoms with Gasteiger partial charge in [0.2, 0.25) is 11.3 Å². The largest absolute Gasteiger partial charge is 0.364 e. The lowest BCUT2D eigenvalue weighted by Gasteiger charge is -2.11. The van der Waals surface area contributed by atoms with Crippen LogP contribution in [0.15, 0.2) is 41.2 Å². The lowest BCUT2D eigenvalue weighted by Crippen LogP contribution is -2.10. The van der Waals surface area contributed by atoms with Gasteiger partial charge in [-0.05, 0) is 46.9 Å². The average molecular weight is 333 g/mol. The van der Waals surface area contributed by atoms with E-state index in [9.17, 15) is 0 Å². The van der Waals surface area contributed by atoms with Crippen LogP contribution in [0.1, 0.15) is 18.4 Å². The van der Waals surface area contributed by atoms with E-state index in [1.807, 2.05) is 12.1 Å². The Hall–Kier alpha value is -3.29. The molecule has 4 aromatic rings. The summed E-state index contributed by atoms with van der Waals surface area (Å²) in [6.07, 6.45) is 4.09. The molecule has 2 N–H and O–H groups in total. The van der Waals surface area contributed by atoms with Gasteiger partial charge >= 0.3 is 0 Å². The van der Waals surface area contributed by atoms with E-state index in [-0.39, 0.29) is 0 Å². The smallest absolute Gasteiger partial charge is 0.245 e. The van der Waals surface area contributed by atoms with Crippen molar-refractivity contribution in [3.8, 4) is 0 Å². The molecule has 3 aromatic heterocycles. The van der Waals surface area contributed by atoms with Crippen LogP contribution in [0.4, 0.5) is 11.6 Å². The van der Waals surface area contributed by atoms with Crippen LogP contribution in [0.25, 0.3) is 22.2 Å². The van der Waals surface area contributed by atoms with Crippen LogP contribution in [-0.4, -0.2) is 31.3 Å². The van der Waals surface area contributed by atoms with Gasteiger partial charge in [-0.15, -0.1) is 0 Å². The van der Waals surface area contributed by atoms with Crippen LogP contribution in [0, 0.1) is 0 Å². The predicted molar refractivity (Wildman–Crippen MR) is 93.1 cm³/mol. The van der Waals surface area contributed by atoms with Crippen molar-refractivity contribution in [1.29, 1.82) is 0 Å². The summed E-state index contributed by atoms with van der Waals surface area (Å²) >= 11 is 0. The number of benzene rings is 1. The number of hydrogen-bond acceptors (Lipinski definition) is 8. The van der Waals surface area contributed by atoms with Crippen molar-refractivity contribution in [2.45, 2.75) is 25.4 Å². The fourth-order valence-electron chi connectivity index (χ4n) is 2.70. The monoisotopic (exact) mass is 333 g/mol. The van der Waals surface area contributed by atoms with Crippen LogP contribution < -0.4 is 10.6 Å². The SMILES string of the molecule is c1cnc2ccc(CNc3nc4nonc4nc3NC3CC3)cc2c1. The quantitative estimate of drug-likeness (QED) is 0.575. The number of fused-ring (bicyclic) bond motifs is 2. The molecule has 1 aliphatic rings. The van der Waals surface area contributed by atoms with Crippen molar-refractivity contribution in [3.63, 3.8) is 0 Å². The summed E-state index contributed by atoms with van der Waals surface area (Å²) in [5, 5.41) is 15.4. The molecule has 0 amide bonds. The summed E-state index contributed by atoms with van der Waals surface area (Å²) in [7, 11) is 0. The summed E-state index contributed by atoms with van der Waals surface area (Å²) < 4.78 is 4.72. The number of nitrogens with one attached hydrogen (secondary N) is 2. The molecule has 0 saturated heterocycles. The molecule has 25 heavy (non-hydrogen) atoms. The number of nitrogens with zero attached hydrogens (tertiary/aromatic N) is 5. The van der Waals surface area contributed by atoms with Gasteiger partial charge in [0, 0.05) is 24.2 Å². The number of aromatic nitrogens is 5. The minimum Gasteiger partial charge on any atom is -0.364 e. The van der Waals surface area contributed by atoms with Crippen LogP contribution in [0.5, 0.6) is 0 Å². The molecular formula is C17H15N7O. The van der Waals surface area contributed by atoms with Gasteiger partial charge in [0.05, 0.1) is 5.52 Å². The normalized spacial score (nSPS) is 14.1. The molecule has 0 radical (unpaired) electrons. The van der Waals surface area contributed by atoms with Gasteiger partial charge < -0.3 is 10.6 Å². The predicted octanol–water partition coefficient (Wildman–Crippen LogP) is 2.75. The van der Waals surface area contributed by atoms with Crippen molar-refractivity contribution in [2.75, 3.05) is 10.6 Å². The maximum absolute atomic E-state index is 4.72. The van der Waals surface area contributed by atoms with Crippen LogP contribution >= 0.6 is 0 Å². The zero-order valence-corrected chi connectivity index (χ0v) is 13.3. The Kier molecular flexibility index (Phi) is 3.19. The standard InChI is InChI=1S/C17H15N7O/c1-2-11-8-10(3-6-13(11)18-7-1)9-19-14-15(20-12-4-5-12)22-17-16(21-14)23-25-24-17/h1-3,6-8,12H,4-5,9H2,(H,19,21,23)(H,20,22,24). The van der Waals surface area contributed by atoms with E-state index >= 15 is 0 Å². The Bertz CT molecular complexity index is 1060. The highest BCUT2D eigenvalue weighted by molar-refractivity contribution is 5.79. The molecule has 1 aliphatic carbocycles. The van der Waals surface area contributed by atoms with E-state index in [4.69, 9.17) is 4.63 Å². The van der Waals surface area contributed by atoms with Crippen LogP contribution in [0.3, 0.4) is 0 Å². The van der Waals surface area contributed by atoms with Crippen molar-refractivity contribution in [3.05, 3.63) is 42.1 Å². The Morgan fingerprint density at radius 2 is 1.88 bits per heavy atom. The van der Waals surface area contributed by atoms with Gasteiger partial charge in [0.1, 0.15) is 0 Å². The summed E-state index contributed by atoms with van der Waals surface area (Å²) in [5.74, 6) is 1.34. The molecule has 5 rings (SSSR count). The maximum atomic E-state index is 4.72. The van der Waals surface area contributed by atoms with Gasteiger partial charge in [-0.3, -0.25) is 4.98 Å². The zero-order chi connectivity index (χ0) is 16.6. The van der Waals surface area contributed by atoms with E-state index in [2.05, 4.69) is 54.1 Å². The fourth-order valence-corrected chi connectivity index (χ4v) is 2.70. The molecule has 124 valence electrons. The van der Waals surface area contributed by atoms with E-state index in [1.165, 1.54) is 0 Å². The van der Waals surface area contributed by atoms with E-state index in [0.717, 1.165) is 29.3 Å². The van der Waals surface area contributed by atoms with Crippen molar-refractivity contribution in [2.24, 2.45) is 0 Å². The molecule has 0 bridgehead atoms. The summed E-state index contributed by atoms with van der Waals surface area (Å²) in [5.41, 5.74) is 2.92. The van der Waals surface area contributed by atoms with Crippen molar-refractivity contribution >= 4 is 33.8 Å². The highest BCUT2D eigenvalue weighted by atomic mass is 16.6. The summed E-state index contributed by atoms with van der Waals surface area (Å²) in [6, 6.07) is 10.6. The first-order valence-corrected chi connectivity index (χ1v) is 8.19. The number of pyridine rings is 1. The number of anilines is 2. The van der Waals surface area contributed by atoms with Crippen LogP contribution in [-0.2, 0) is 6.54 Å². The molecule has 0 unspecified atom stereocenters. The highest BCUT2D eigenvalue weighted by Crippen LogP contribution is 2.28. The number of hydrogen-bond donors (Lipinski definition) is 2. The minimum atomic E-state index is 0.395. The third-order valence-corrected chi connectivity index (χ3v) is 4.16. The van der Waals surface area contributed by atoms with Gasteiger partial charge in [-0.25, -0.2) is 14.6 Å². The second-order valence-electron chi connectivity index (χ2n) is 6.13. The Morgan fingerprint density at radius 3 is 2.72 bits per heavy atom. The molecule has 0 aliphatic heterocycles. The molecule has 8 heteroatoms. The third kappa shape index (κ3) is 2.82. The van der Waals surface area contributed by atoms with Gasteiger partial charge in [0.25, 0.3) is 0 Å². The van der Waals surface area contributed by atoms with Gasteiger partial charge in [-0.2, -0.15) is 0 Å². The van der Waals surface area contributed by atoms with Gasteiger partial charge in [-0.1, -0.05) is 12.1 Å². The lowest BCUT2D eigenvalue weighted by atomic mass is 10.1. The Balaban J connectivity index is 1.43. The van der Waals surface area contributed by atoms with Crippen molar-refractivity contribution < 1.29 is 4.63 Å². The van der Waals surface area contributed by atoms with E-state index < -0.39 is 0 Å². The molecule has 1 fully saturated rings. The molecule has 1 saturated carbocycles. The summed E-state index contributed by atoms with van der Waals surface area (Å²) in [4.78, 5) is 13.3. The first-order chi connectivity index (χ1) is 12.3. The zero-order valence-electron chi connectivity index (χ0n) is 13.3. The van der Waals surface area contributed by atoms with Crippen LogP contribution in [0.2, 0.25) is 0 Å². The molecule has 0 atom stereocenters. The third-order valence-electron chi connectivity index (χ3n) is 4.16. The summed E-state index contributed by atoms with van der Waals surface area (Å²) in [6.45, 7) is 0.621. The molecule has 8 nitrogen and oxygen atoms in total. The second-order valence-corrected chi connectivity index (χ2v) is 6.13. The molecule has 1 aromatic carbocycles.